The van der Waals surface area contributed by atoms with E-state index in [4.69, 9.17) is 15.4 Å². The van der Waals surface area contributed by atoms with E-state index in [2.05, 4.69) is 5.32 Å². The average molecular weight is 275 g/mol. The second-order valence-electron chi connectivity index (χ2n) is 5.16. The Morgan fingerprint density at radius 1 is 1.50 bits per heavy atom. The van der Waals surface area contributed by atoms with E-state index in [9.17, 15) is 9.90 Å². The molecule has 0 saturated heterocycles. The first-order valence-electron chi connectivity index (χ1n) is 6.00. The molecule has 0 fully saturated rings. The summed E-state index contributed by atoms with van der Waals surface area (Å²) in [5, 5.41) is 28.5. The summed E-state index contributed by atoms with van der Waals surface area (Å²) < 4.78 is 5.14. The molecule has 0 aliphatic heterocycles. The SMILES string of the molecule is CC(C)(C)OC(=O)CNc1ccc(O)cc1C(=N)C#N. The van der Waals surface area contributed by atoms with Crippen LogP contribution in [0.4, 0.5) is 5.69 Å². The molecule has 0 aliphatic rings. The van der Waals surface area contributed by atoms with Gasteiger partial charge in [-0.2, -0.15) is 5.26 Å². The van der Waals surface area contributed by atoms with Crippen LogP contribution in [0.1, 0.15) is 26.3 Å². The number of phenolic OH excluding ortho intramolecular Hbond substituents is 1. The number of anilines is 1. The van der Waals surface area contributed by atoms with Crippen molar-refractivity contribution >= 4 is 17.4 Å². The summed E-state index contributed by atoms with van der Waals surface area (Å²) in [4.78, 5) is 11.6. The van der Waals surface area contributed by atoms with E-state index in [0.29, 0.717) is 5.69 Å². The zero-order valence-electron chi connectivity index (χ0n) is 11.7. The lowest BCUT2D eigenvalue weighted by molar-refractivity contribution is -0.152. The van der Waals surface area contributed by atoms with Crippen LogP contribution in [-0.2, 0) is 9.53 Å². The van der Waals surface area contributed by atoms with Crippen LogP contribution in [0, 0.1) is 16.7 Å². The highest BCUT2D eigenvalue weighted by Gasteiger charge is 2.16. The summed E-state index contributed by atoms with van der Waals surface area (Å²) in [6.07, 6.45) is 0. The molecule has 106 valence electrons. The Balaban J connectivity index is 2.81. The zero-order valence-corrected chi connectivity index (χ0v) is 11.7. The Bertz CT molecular complexity index is 568. The van der Waals surface area contributed by atoms with Gasteiger partial charge in [0.1, 0.15) is 29.7 Å². The van der Waals surface area contributed by atoms with Crippen molar-refractivity contribution in [2.45, 2.75) is 26.4 Å². The Morgan fingerprint density at radius 2 is 2.15 bits per heavy atom. The highest BCUT2D eigenvalue weighted by molar-refractivity contribution is 6.13. The first-order valence-corrected chi connectivity index (χ1v) is 6.00. The lowest BCUT2D eigenvalue weighted by Crippen LogP contribution is -2.28. The van der Waals surface area contributed by atoms with Gasteiger partial charge in [0.05, 0.1) is 0 Å². The average Bonchev–Trinajstić information content (AvgIpc) is 2.34. The number of carbonyl (C=O) groups excluding carboxylic acids is 1. The minimum Gasteiger partial charge on any atom is -0.508 e. The number of hydrogen-bond donors (Lipinski definition) is 3. The van der Waals surface area contributed by atoms with Crippen molar-refractivity contribution in [3.05, 3.63) is 23.8 Å². The quantitative estimate of drug-likeness (QED) is 0.443. The molecule has 0 heterocycles. The Kier molecular flexibility index (Phi) is 4.70. The van der Waals surface area contributed by atoms with Crippen molar-refractivity contribution in [2.75, 3.05) is 11.9 Å². The Hall–Kier alpha value is -2.55. The van der Waals surface area contributed by atoms with Crippen LogP contribution in [0.25, 0.3) is 0 Å². The number of nitrogens with zero attached hydrogens (tertiary/aromatic N) is 1. The third-order valence-corrected chi connectivity index (χ3v) is 2.23. The molecule has 0 radical (unpaired) electrons. The van der Waals surface area contributed by atoms with Crippen LogP contribution < -0.4 is 5.32 Å². The lowest BCUT2D eigenvalue weighted by Gasteiger charge is -2.20. The topological polar surface area (TPSA) is 106 Å². The monoisotopic (exact) mass is 275 g/mol. The van der Waals surface area contributed by atoms with Crippen molar-refractivity contribution in [1.29, 1.82) is 10.7 Å². The predicted octanol–water partition coefficient (Wildman–Crippen LogP) is 2.04. The smallest absolute Gasteiger partial charge is 0.325 e. The van der Waals surface area contributed by atoms with Gasteiger partial charge in [0.15, 0.2) is 0 Å². The molecule has 6 heteroatoms. The van der Waals surface area contributed by atoms with E-state index >= 15 is 0 Å². The number of aromatic hydroxyl groups is 1. The number of phenols is 1. The second kappa shape index (κ2) is 6.06. The van der Waals surface area contributed by atoms with E-state index in [-0.39, 0.29) is 23.6 Å². The van der Waals surface area contributed by atoms with Crippen molar-refractivity contribution in [3.63, 3.8) is 0 Å². The molecule has 0 spiro atoms. The summed E-state index contributed by atoms with van der Waals surface area (Å²) in [5.41, 5.74) is -0.223. The van der Waals surface area contributed by atoms with E-state index in [1.54, 1.807) is 26.8 Å². The van der Waals surface area contributed by atoms with Gasteiger partial charge >= 0.3 is 5.97 Å². The van der Waals surface area contributed by atoms with Gasteiger partial charge in [-0.05, 0) is 39.0 Å². The van der Waals surface area contributed by atoms with Crippen molar-refractivity contribution < 1.29 is 14.6 Å². The minimum absolute atomic E-state index is 0.0529. The molecule has 1 aromatic carbocycles. The standard InChI is InChI=1S/C14H17N3O3/c1-14(2,3)20-13(19)8-17-12-5-4-9(18)6-10(12)11(16)7-15/h4-6,16-18H,8H2,1-3H3. The maximum Gasteiger partial charge on any atom is 0.325 e. The fourth-order valence-corrected chi connectivity index (χ4v) is 1.50. The molecule has 1 aromatic rings. The van der Waals surface area contributed by atoms with Gasteiger partial charge in [-0.1, -0.05) is 0 Å². The number of hydrogen-bond acceptors (Lipinski definition) is 6. The van der Waals surface area contributed by atoms with Gasteiger partial charge in [0.25, 0.3) is 0 Å². The van der Waals surface area contributed by atoms with E-state index in [1.165, 1.54) is 18.2 Å². The number of rotatable bonds is 4. The number of nitrogens with one attached hydrogen (secondary N) is 2. The molecule has 0 unspecified atom stereocenters. The molecule has 20 heavy (non-hydrogen) atoms. The van der Waals surface area contributed by atoms with Crippen molar-refractivity contribution in [2.24, 2.45) is 0 Å². The highest BCUT2D eigenvalue weighted by Crippen LogP contribution is 2.21. The molecule has 0 saturated carbocycles. The fourth-order valence-electron chi connectivity index (χ4n) is 1.50. The maximum atomic E-state index is 11.6. The number of esters is 1. The van der Waals surface area contributed by atoms with E-state index in [1.807, 2.05) is 0 Å². The highest BCUT2D eigenvalue weighted by atomic mass is 16.6. The summed E-state index contributed by atoms with van der Waals surface area (Å²) in [5.74, 6) is -0.497. The molecular formula is C14H17N3O3. The number of ether oxygens (including phenoxy) is 1. The Labute approximate surface area is 117 Å². The molecule has 0 aliphatic carbocycles. The van der Waals surface area contributed by atoms with Crippen LogP contribution in [0.2, 0.25) is 0 Å². The molecule has 3 N–H and O–H groups in total. The zero-order chi connectivity index (χ0) is 15.3. The normalized spacial score (nSPS) is 10.5. The van der Waals surface area contributed by atoms with Gasteiger partial charge in [0.2, 0.25) is 0 Å². The van der Waals surface area contributed by atoms with E-state index in [0.717, 1.165) is 0 Å². The molecule has 6 nitrogen and oxygen atoms in total. The molecule has 0 aromatic heterocycles. The fraction of sp³-hybridized carbons (Fsp3) is 0.357. The van der Waals surface area contributed by atoms with Crippen LogP contribution in [0.5, 0.6) is 5.75 Å². The molecule has 0 amide bonds. The van der Waals surface area contributed by atoms with Crippen molar-refractivity contribution in [1.82, 2.24) is 0 Å². The summed E-state index contributed by atoms with van der Waals surface area (Å²) in [6.45, 7) is 5.21. The maximum absolute atomic E-state index is 11.6. The van der Waals surface area contributed by atoms with Gasteiger partial charge < -0.3 is 15.2 Å². The molecule has 1 rings (SSSR count). The van der Waals surface area contributed by atoms with Crippen LogP contribution >= 0.6 is 0 Å². The van der Waals surface area contributed by atoms with Gasteiger partial charge in [-0.3, -0.25) is 10.2 Å². The summed E-state index contributed by atoms with van der Waals surface area (Å²) in [6, 6.07) is 5.89. The number of carbonyl (C=O) groups is 1. The Morgan fingerprint density at radius 3 is 2.70 bits per heavy atom. The summed E-state index contributed by atoms with van der Waals surface area (Å²) in [7, 11) is 0. The third kappa shape index (κ3) is 4.61. The minimum atomic E-state index is -0.574. The third-order valence-electron chi connectivity index (χ3n) is 2.23. The van der Waals surface area contributed by atoms with Crippen molar-refractivity contribution in [3.8, 4) is 11.8 Å². The van der Waals surface area contributed by atoms with Crippen LogP contribution in [0.15, 0.2) is 18.2 Å². The largest absolute Gasteiger partial charge is 0.508 e. The number of benzene rings is 1. The van der Waals surface area contributed by atoms with E-state index < -0.39 is 11.6 Å². The predicted molar refractivity (Wildman–Crippen MR) is 74.9 cm³/mol. The number of nitriles is 1. The first-order chi connectivity index (χ1) is 9.23. The van der Waals surface area contributed by atoms with Crippen LogP contribution in [-0.4, -0.2) is 28.9 Å². The second-order valence-corrected chi connectivity index (χ2v) is 5.16. The molecular weight excluding hydrogens is 258 g/mol. The molecule has 0 atom stereocenters. The lowest BCUT2D eigenvalue weighted by atomic mass is 10.1. The van der Waals surface area contributed by atoms with Crippen LogP contribution in [0.3, 0.4) is 0 Å². The first kappa shape index (κ1) is 15.5. The van der Waals surface area contributed by atoms with Gasteiger partial charge in [-0.15, -0.1) is 0 Å². The van der Waals surface area contributed by atoms with Gasteiger partial charge in [0, 0.05) is 11.3 Å². The molecule has 0 bridgehead atoms. The van der Waals surface area contributed by atoms with Gasteiger partial charge in [-0.25, -0.2) is 0 Å². The summed E-state index contributed by atoms with van der Waals surface area (Å²) >= 11 is 0.